The second-order valence-corrected chi connectivity index (χ2v) is 3.52. The number of carbonyl (C=O) groups excluding carboxylic acids is 1. The van der Waals surface area contributed by atoms with Gasteiger partial charge in [-0.05, 0) is 12.1 Å². The molecule has 0 unspecified atom stereocenters. The van der Waals surface area contributed by atoms with E-state index in [9.17, 15) is 18.0 Å². The van der Waals surface area contributed by atoms with Gasteiger partial charge in [-0.3, -0.25) is 4.79 Å². The molecule has 0 fully saturated rings. The van der Waals surface area contributed by atoms with Crippen molar-refractivity contribution in [1.82, 2.24) is 20.0 Å². The molecule has 0 aromatic carbocycles. The van der Waals surface area contributed by atoms with Crippen molar-refractivity contribution in [3.8, 4) is 5.82 Å². The van der Waals surface area contributed by atoms with Crippen molar-refractivity contribution < 1.29 is 18.0 Å². The molecular formula is C9H4ClF3N4O. The van der Waals surface area contributed by atoms with Crippen molar-refractivity contribution in [3.63, 3.8) is 0 Å². The standard InChI is InChI=1S/C9H4ClF3N4O/c10-8-5(4-18)7(9(11,12)13)16-17(8)6-2-1-3-14-15-6/h1-4H. The SMILES string of the molecule is O=Cc1c(C(F)(F)F)nn(-c2cccnn2)c1Cl. The molecular weight excluding hydrogens is 273 g/mol. The first-order chi connectivity index (χ1) is 8.45. The monoisotopic (exact) mass is 276 g/mol. The van der Waals surface area contributed by atoms with Gasteiger partial charge in [0.15, 0.2) is 17.8 Å². The minimum atomic E-state index is -4.77. The summed E-state index contributed by atoms with van der Waals surface area (Å²) in [5.41, 5.74) is -2.08. The maximum atomic E-state index is 12.6. The molecule has 0 bridgehead atoms. The zero-order chi connectivity index (χ0) is 13.3. The van der Waals surface area contributed by atoms with E-state index in [1.165, 1.54) is 18.3 Å². The number of aldehydes is 1. The molecule has 2 rings (SSSR count). The van der Waals surface area contributed by atoms with E-state index in [0.717, 1.165) is 0 Å². The van der Waals surface area contributed by atoms with E-state index in [-0.39, 0.29) is 12.1 Å². The molecule has 0 atom stereocenters. The summed E-state index contributed by atoms with van der Waals surface area (Å²) in [4.78, 5) is 10.7. The fourth-order valence-electron chi connectivity index (χ4n) is 1.28. The first kappa shape index (κ1) is 12.5. The van der Waals surface area contributed by atoms with E-state index >= 15 is 0 Å². The molecule has 0 spiro atoms. The minimum Gasteiger partial charge on any atom is -0.298 e. The number of nitrogens with zero attached hydrogens (tertiary/aromatic N) is 4. The van der Waals surface area contributed by atoms with Gasteiger partial charge in [0.1, 0.15) is 5.15 Å². The van der Waals surface area contributed by atoms with Gasteiger partial charge < -0.3 is 0 Å². The third-order valence-electron chi connectivity index (χ3n) is 2.02. The summed E-state index contributed by atoms with van der Waals surface area (Å²) in [5, 5.41) is 9.84. The molecule has 9 heteroatoms. The van der Waals surface area contributed by atoms with Crippen molar-refractivity contribution in [2.24, 2.45) is 0 Å². The maximum absolute atomic E-state index is 12.6. The molecule has 2 aromatic rings. The Morgan fingerprint density at radius 1 is 1.39 bits per heavy atom. The minimum absolute atomic E-state index is 0.00499. The smallest absolute Gasteiger partial charge is 0.298 e. The van der Waals surface area contributed by atoms with Gasteiger partial charge in [-0.15, -0.1) is 5.10 Å². The number of hydrogen-bond donors (Lipinski definition) is 0. The van der Waals surface area contributed by atoms with Crippen LogP contribution in [0.25, 0.3) is 5.82 Å². The molecule has 2 heterocycles. The van der Waals surface area contributed by atoms with Gasteiger partial charge in [0.2, 0.25) is 0 Å². The molecule has 5 nitrogen and oxygen atoms in total. The third kappa shape index (κ3) is 2.06. The van der Waals surface area contributed by atoms with Crippen molar-refractivity contribution in [1.29, 1.82) is 0 Å². The quantitative estimate of drug-likeness (QED) is 0.789. The molecule has 0 N–H and O–H groups in total. The summed E-state index contributed by atoms with van der Waals surface area (Å²) in [5.74, 6) is -0.0129. The van der Waals surface area contributed by atoms with E-state index in [0.29, 0.717) is 4.68 Å². The highest BCUT2D eigenvalue weighted by atomic mass is 35.5. The normalized spacial score (nSPS) is 11.6. The van der Waals surface area contributed by atoms with Gasteiger partial charge >= 0.3 is 6.18 Å². The third-order valence-corrected chi connectivity index (χ3v) is 2.39. The second kappa shape index (κ2) is 4.37. The maximum Gasteiger partial charge on any atom is 0.435 e. The van der Waals surface area contributed by atoms with Crippen LogP contribution in [0.15, 0.2) is 18.3 Å². The first-order valence-electron chi connectivity index (χ1n) is 4.54. The van der Waals surface area contributed by atoms with Crippen molar-refractivity contribution in [2.45, 2.75) is 6.18 Å². The molecule has 0 aliphatic heterocycles. The fraction of sp³-hybridized carbons (Fsp3) is 0.111. The topological polar surface area (TPSA) is 60.7 Å². The number of hydrogen-bond acceptors (Lipinski definition) is 4. The zero-order valence-corrected chi connectivity index (χ0v) is 9.27. The van der Waals surface area contributed by atoms with Crippen LogP contribution in [-0.2, 0) is 6.18 Å². The number of alkyl halides is 3. The highest BCUT2D eigenvalue weighted by Crippen LogP contribution is 2.34. The molecule has 0 saturated heterocycles. The molecule has 0 saturated carbocycles. The molecule has 0 aliphatic carbocycles. The van der Waals surface area contributed by atoms with E-state index < -0.39 is 22.6 Å². The second-order valence-electron chi connectivity index (χ2n) is 3.16. The average molecular weight is 277 g/mol. The molecule has 0 amide bonds. The number of carbonyl (C=O) groups is 1. The largest absolute Gasteiger partial charge is 0.435 e. The van der Waals surface area contributed by atoms with Gasteiger partial charge in [0.25, 0.3) is 0 Å². The highest BCUT2D eigenvalue weighted by Gasteiger charge is 2.39. The van der Waals surface area contributed by atoms with Crippen LogP contribution < -0.4 is 0 Å². The Hall–Kier alpha value is -1.96. The summed E-state index contributed by atoms with van der Waals surface area (Å²) in [7, 11) is 0. The Labute approximate surface area is 103 Å². The first-order valence-corrected chi connectivity index (χ1v) is 4.92. The van der Waals surface area contributed by atoms with Crippen molar-refractivity contribution >= 4 is 17.9 Å². The van der Waals surface area contributed by atoms with Gasteiger partial charge in [0.05, 0.1) is 5.56 Å². The number of rotatable bonds is 2. The Kier molecular flexibility index (Phi) is 3.04. The van der Waals surface area contributed by atoms with Gasteiger partial charge in [-0.25, -0.2) is 4.68 Å². The Bertz CT molecular complexity index is 581. The summed E-state index contributed by atoms with van der Waals surface area (Å²) in [6.45, 7) is 0. The summed E-state index contributed by atoms with van der Waals surface area (Å²) in [6.07, 6.45) is -3.43. The predicted molar refractivity (Wildman–Crippen MR) is 54.6 cm³/mol. The highest BCUT2D eigenvalue weighted by molar-refractivity contribution is 6.32. The van der Waals surface area contributed by atoms with Crippen molar-refractivity contribution in [3.05, 3.63) is 34.7 Å². The van der Waals surface area contributed by atoms with Crippen LogP contribution in [0.5, 0.6) is 0 Å². The van der Waals surface area contributed by atoms with Crippen LogP contribution in [0.4, 0.5) is 13.2 Å². The van der Waals surface area contributed by atoms with Crippen molar-refractivity contribution in [2.75, 3.05) is 0 Å². The van der Waals surface area contributed by atoms with E-state index in [1.54, 1.807) is 0 Å². The number of halogens is 4. The number of aromatic nitrogens is 4. The lowest BCUT2D eigenvalue weighted by Gasteiger charge is -2.01. The predicted octanol–water partition coefficient (Wildman–Crippen LogP) is 2.15. The fourth-order valence-corrected chi connectivity index (χ4v) is 1.54. The summed E-state index contributed by atoms with van der Waals surface area (Å²) >= 11 is 5.67. The molecule has 0 radical (unpaired) electrons. The lowest BCUT2D eigenvalue weighted by Crippen LogP contribution is -2.09. The lowest BCUT2D eigenvalue weighted by atomic mass is 10.2. The van der Waals surface area contributed by atoms with E-state index in [2.05, 4.69) is 15.3 Å². The average Bonchev–Trinajstić information content (AvgIpc) is 2.67. The molecule has 18 heavy (non-hydrogen) atoms. The molecule has 94 valence electrons. The van der Waals surface area contributed by atoms with Crippen LogP contribution in [0, 0.1) is 0 Å². The Balaban J connectivity index is 2.65. The van der Waals surface area contributed by atoms with E-state index in [1.807, 2.05) is 0 Å². The Morgan fingerprint density at radius 2 is 2.11 bits per heavy atom. The van der Waals surface area contributed by atoms with Gasteiger partial charge in [-0.2, -0.15) is 23.4 Å². The van der Waals surface area contributed by atoms with Crippen LogP contribution >= 0.6 is 11.6 Å². The summed E-state index contributed by atoms with van der Waals surface area (Å²) < 4.78 is 38.6. The van der Waals surface area contributed by atoms with Crippen LogP contribution in [0.3, 0.4) is 0 Å². The van der Waals surface area contributed by atoms with Crippen LogP contribution in [0.1, 0.15) is 16.1 Å². The van der Waals surface area contributed by atoms with Crippen LogP contribution in [0.2, 0.25) is 5.15 Å². The van der Waals surface area contributed by atoms with Gasteiger partial charge in [0, 0.05) is 6.20 Å². The van der Waals surface area contributed by atoms with Crippen LogP contribution in [-0.4, -0.2) is 26.3 Å². The zero-order valence-electron chi connectivity index (χ0n) is 8.52. The van der Waals surface area contributed by atoms with Gasteiger partial charge in [-0.1, -0.05) is 11.6 Å². The molecule has 2 aromatic heterocycles. The molecule has 0 aliphatic rings. The summed E-state index contributed by atoms with van der Waals surface area (Å²) in [6, 6.07) is 2.81. The Morgan fingerprint density at radius 3 is 2.56 bits per heavy atom. The van der Waals surface area contributed by atoms with E-state index in [4.69, 9.17) is 11.6 Å². The lowest BCUT2D eigenvalue weighted by molar-refractivity contribution is -0.141.